The number of aliphatic carboxylic acids is 1. The second kappa shape index (κ2) is 6.80. The van der Waals surface area contributed by atoms with Gasteiger partial charge in [0, 0.05) is 12.1 Å². The van der Waals surface area contributed by atoms with Crippen molar-refractivity contribution in [2.45, 2.75) is 44.2 Å². The molecule has 2 saturated heterocycles. The van der Waals surface area contributed by atoms with E-state index in [1.165, 1.54) is 12.1 Å². The Bertz CT molecular complexity index is 869. The first-order valence-corrected chi connectivity index (χ1v) is 9.32. The van der Waals surface area contributed by atoms with Crippen LogP contribution in [-0.2, 0) is 22.4 Å². The Hall–Kier alpha value is -2.69. The third kappa shape index (κ3) is 3.11. The van der Waals surface area contributed by atoms with E-state index in [0.29, 0.717) is 24.8 Å². The highest BCUT2D eigenvalue weighted by molar-refractivity contribution is 5.84. The summed E-state index contributed by atoms with van der Waals surface area (Å²) < 4.78 is 13.4. The predicted molar refractivity (Wildman–Crippen MR) is 98.6 cm³/mol. The highest BCUT2D eigenvalue weighted by atomic mass is 19.1. The minimum Gasteiger partial charge on any atom is -0.481 e. The standard InChI is InChI=1S/C22H22FNO3/c23-17-8-4-7-16(11-17)12-20(25)24-18-9-10-19(24)22(14-18,21(26)27)13-15-5-2-1-3-6-15/h1-8,11,18-19H,9-10,12-14H2,(H,26,27)/t18-,19+,22+/m0/s1. The van der Waals surface area contributed by atoms with Gasteiger partial charge in [-0.15, -0.1) is 0 Å². The van der Waals surface area contributed by atoms with Gasteiger partial charge in [-0.1, -0.05) is 42.5 Å². The number of amides is 1. The van der Waals surface area contributed by atoms with Gasteiger partial charge in [-0.25, -0.2) is 4.39 Å². The van der Waals surface area contributed by atoms with Crippen molar-refractivity contribution in [1.82, 2.24) is 4.90 Å². The summed E-state index contributed by atoms with van der Waals surface area (Å²) in [7, 11) is 0. The summed E-state index contributed by atoms with van der Waals surface area (Å²) in [5, 5.41) is 10.1. The Morgan fingerprint density at radius 3 is 2.52 bits per heavy atom. The molecule has 1 N–H and O–H groups in total. The number of hydrogen-bond donors (Lipinski definition) is 1. The second-order valence-electron chi connectivity index (χ2n) is 7.68. The molecule has 1 amide bonds. The van der Waals surface area contributed by atoms with Crippen molar-refractivity contribution in [1.29, 1.82) is 0 Å². The van der Waals surface area contributed by atoms with Crippen molar-refractivity contribution in [2.24, 2.45) is 5.41 Å². The van der Waals surface area contributed by atoms with Crippen molar-refractivity contribution in [3.63, 3.8) is 0 Å². The summed E-state index contributed by atoms with van der Waals surface area (Å²) in [6.45, 7) is 0. The zero-order valence-electron chi connectivity index (χ0n) is 15.0. The van der Waals surface area contributed by atoms with E-state index in [1.54, 1.807) is 17.0 Å². The van der Waals surface area contributed by atoms with E-state index in [0.717, 1.165) is 12.0 Å². The molecule has 0 radical (unpaired) electrons. The van der Waals surface area contributed by atoms with Gasteiger partial charge in [0.2, 0.25) is 5.91 Å². The molecule has 0 spiro atoms. The van der Waals surface area contributed by atoms with E-state index in [-0.39, 0.29) is 30.2 Å². The lowest BCUT2D eigenvalue weighted by atomic mass is 9.70. The van der Waals surface area contributed by atoms with Gasteiger partial charge < -0.3 is 10.0 Å². The van der Waals surface area contributed by atoms with E-state index in [9.17, 15) is 19.1 Å². The topological polar surface area (TPSA) is 57.6 Å². The molecule has 0 aliphatic carbocycles. The van der Waals surface area contributed by atoms with Crippen LogP contribution in [0, 0.1) is 11.2 Å². The lowest BCUT2D eigenvalue weighted by molar-refractivity contribution is -0.151. The summed E-state index contributed by atoms with van der Waals surface area (Å²) in [6.07, 6.45) is 2.55. The Labute approximate surface area is 157 Å². The first-order chi connectivity index (χ1) is 13.0. The fraction of sp³-hybridized carbons (Fsp3) is 0.364. The van der Waals surface area contributed by atoms with Gasteiger partial charge in [0.05, 0.1) is 11.8 Å². The summed E-state index contributed by atoms with van der Waals surface area (Å²) >= 11 is 0. The molecule has 140 valence electrons. The third-order valence-electron chi connectivity index (χ3n) is 6.06. The van der Waals surface area contributed by atoms with Crippen molar-refractivity contribution in [2.75, 3.05) is 0 Å². The van der Waals surface area contributed by atoms with Crippen molar-refractivity contribution in [3.05, 3.63) is 71.5 Å². The van der Waals surface area contributed by atoms with Gasteiger partial charge in [0.25, 0.3) is 0 Å². The van der Waals surface area contributed by atoms with Crippen LogP contribution in [0.25, 0.3) is 0 Å². The van der Waals surface area contributed by atoms with Gasteiger partial charge in [-0.2, -0.15) is 0 Å². The maximum absolute atomic E-state index is 13.4. The quantitative estimate of drug-likeness (QED) is 0.881. The molecule has 2 bridgehead atoms. The minimum absolute atomic E-state index is 0.0455. The molecule has 2 fully saturated rings. The SMILES string of the molecule is O=C(Cc1cccc(F)c1)N1[C@H]2CC[C@@H]1[C@](Cc1ccccc1)(C(=O)O)C2. The van der Waals surface area contributed by atoms with Crippen LogP contribution in [0.5, 0.6) is 0 Å². The van der Waals surface area contributed by atoms with Gasteiger partial charge in [-0.3, -0.25) is 9.59 Å². The van der Waals surface area contributed by atoms with Gasteiger partial charge in [0.1, 0.15) is 5.82 Å². The third-order valence-corrected chi connectivity index (χ3v) is 6.06. The number of halogens is 1. The molecule has 4 rings (SSSR count). The van der Waals surface area contributed by atoms with Crippen LogP contribution in [-0.4, -0.2) is 34.0 Å². The Kier molecular flexibility index (Phi) is 4.46. The number of carbonyl (C=O) groups excluding carboxylic acids is 1. The van der Waals surface area contributed by atoms with E-state index < -0.39 is 11.4 Å². The highest BCUT2D eigenvalue weighted by Crippen LogP contribution is 2.52. The van der Waals surface area contributed by atoms with Crippen LogP contribution in [0.1, 0.15) is 30.4 Å². The normalized spacial score (nSPS) is 26.3. The smallest absolute Gasteiger partial charge is 0.312 e. The maximum Gasteiger partial charge on any atom is 0.312 e. The first-order valence-electron chi connectivity index (χ1n) is 9.32. The maximum atomic E-state index is 13.4. The fourth-order valence-electron chi connectivity index (χ4n) is 4.93. The summed E-state index contributed by atoms with van der Waals surface area (Å²) in [4.78, 5) is 27.0. The Balaban J connectivity index is 1.59. The molecule has 4 nitrogen and oxygen atoms in total. The van der Waals surface area contributed by atoms with Crippen molar-refractivity contribution >= 4 is 11.9 Å². The lowest BCUT2D eigenvalue weighted by Crippen LogP contribution is -2.46. The summed E-state index contributed by atoms with van der Waals surface area (Å²) in [5.74, 6) is -1.31. The lowest BCUT2D eigenvalue weighted by Gasteiger charge is -2.33. The number of benzene rings is 2. The first kappa shape index (κ1) is 17.7. The molecule has 2 aromatic rings. The highest BCUT2D eigenvalue weighted by Gasteiger charge is 2.61. The van der Waals surface area contributed by atoms with Crippen molar-refractivity contribution in [3.8, 4) is 0 Å². The van der Waals surface area contributed by atoms with Crippen LogP contribution >= 0.6 is 0 Å². The largest absolute Gasteiger partial charge is 0.481 e. The van der Waals surface area contributed by atoms with Crippen LogP contribution in [0.2, 0.25) is 0 Å². The number of carbonyl (C=O) groups is 2. The number of fused-ring (bicyclic) bond motifs is 2. The fourth-order valence-corrected chi connectivity index (χ4v) is 4.93. The van der Waals surface area contributed by atoms with E-state index >= 15 is 0 Å². The van der Waals surface area contributed by atoms with E-state index in [2.05, 4.69) is 0 Å². The molecule has 3 atom stereocenters. The van der Waals surface area contributed by atoms with E-state index in [4.69, 9.17) is 0 Å². The molecular formula is C22H22FNO3. The van der Waals surface area contributed by atoms with Gasteiger partial charge in [0.15, 0.2) is 0 Å². The molecule has 2 aliphatic heterocycles. The second-order valence-corrected chi connectivity index (χ2v) is 7.68. The summed E-state index contributed by atoms with van der Waals surface area (Å²) in [5.41, 5.74) is 0.655. The molecule has 0 aromatic heterocycles. The molecule has 2 aromatic carbocycles. The molecule has 27 heavy (non-hydrogen) atoms. The number of hydrogen-bond acceptors (Lipinski definition) is 2. The average Bonchev–Trinajstić information content (AvgIpc) is 3.19. The number of nitrogens with zero attached hydrogens (tertiary/aromatic N) is 1. The predicted octanol–water partition coefficient (Wildman–Crippen LogP) is 3.45. The molecule has 0 saturated carbocycles. The van der Waals surface area contributed by atoms with Crippen LogP contribution in [0.3, 0.4) is 0 Å². The van der Waals surface area contributed by atoms with Crippen LogP contribution in [0.15, 0.2) is 54.6 Å². The Morgan fingerprint density at radius 2 is 1.81 bits per heavy atom. The number of carboxylic acids is 1. The Morgan fingerprint density at radius 1 is 1.07 bits per heavy atom. The average molecular weight is 367 g/mol. The summed E-state index contributed by atoms with van der Waals surface area (Å²) in [6, 6.07) is 15.3. The van der Waals surface area contributed by atoms with Crippen LogP contribution < -0.4 is 0 Å². The molecule has 2 aliphatic rings. The van der Waals surface area contributed by atoms with Crippen LogP contribution in [0.4, 0.5) is 4.39 Å². The molecular weight excluding hydrogens is 345 g/mol. The zero-order chi connectivity index (χ0) is 19.0. The van der Waals surface area contributed by atoms with Gasteiger partial charge in [-0.05, 0) is 48.9 Å². The minimum atomic E-state index is -0.943. The molecule has 5 heteroatoms. The zero-order valence-corrected chi connectivity index (χ0v) is 15.0. The number of carboxylic acid groups (broad SMARTS) is 1. The monoisotopic (exact) mass is 367 g/mol. The van der Waals surface area contributed by atoms with Gasteiger partial charge >= 0.3 is 5.97 Å². The molecule has 0 unspecified atom stereocenters. The number of rotatable bonds is 5. The van der Waals surface area contributed by atoms with Crippen molar-refractivity contribution < 1.29 is 19.1 Å². The molecule has 2 heterocycles. The van der Waals surface area contributed by atoms with E-state index in [1.807, 2.05) is 30.3 Å².